The summed E-state index contributed by atoms with van der Waals surface area (Å²) in [5.41, 5.74) is 1.19. The summed E-state index contributed by atoms with van der Waals surface area (Å²) in [5, 5.41) is 14.4. The van der Waals surface area contributed by atoms with Crippen molar-refractivity contribution < 1.29 is 28.3 Å². The lowest BCUT2D eigenvalue weighted by Crippen LogP contribution is -2.45. The maximum atomic E-state index is 14.4. The van der Waals surface area contributed by atoms with Gasteiger partial charge in [0.25, 0.3) is 17.7 Å². The molecule has 1 aliphatic heterocycles. The lowest BCUT2D eigenvalue weighted by atomic mass is 10.1. The second-order valence-electron chi connectivity index (χ2n) is 8.87. The van der Waals surface area contributed by atoms with Crippen LogP contribution in [0.5, 0.6) is 5.75 Å². The number of ether oxygens (including phenoxy) is 1. The van der Waals surface area contributed by atoms with Gasteiger partial charge in [0.15, 0.2) is 18.1 Å². The van der Waals surface area contributed by atoms with Gasteiger partial charge in [0.1, 0.15) is 23.2 Å². The molecule has 3 aromatic heterocycles. The van der Waals surface area contributed by atoms with Crippen LogP contribution in [0.2, 0.25) is 0 Å². The van der Waals surface area contributed by atoms with E-state index >= 15 is 0 Å². The van der Waals surface area contributed by atoms with Crippen molar-refractivity contribution in [2.24, 2.45) is 0 Å². The number of benzene rings is 1. The van der Waals surface area contributed by atoms with Crippen LogP contribution in [0.3, 0.4) is 0 Å². The van der Waals surface area contributed by atoms with E-state index in [0.29, 0.717) is 17.0 Å². The molecule has 4 heterocycles. The third-order valence-electron chi connectivity index (χ3n) is 5.98. The number of carbonyl (C=O) groups is 4. The second-order valence-corrected chi connectivity index (χ2v) is 8.87. The number of carbonyl (C=O) groups excluding carboxylic acids is 4. The molecule has 13 nitrogen and oxygen atoms in total. The van der Waals surface area contributed by atoms with Gasteiger partial charge in [-0.2, -0.15) is 5.10 Å². The van der Waals surface area contributed by atoms with E-state index in [1.54, 1.807) is 42.7 Å². The minimum absolute atomic E-state index is 0.0484. The molecule has 4 N–H and O–H groups in total. The molecule has 1 aliphatic rings. The molecular formula is C26H23FN8O5. The lowest BCUT2D eigenvalue weighted by molar-refractivity contribution is -0.122. The molecule has 0 spiro atoms. The van der Waals surface area contributed by atoms with Gasteiger partial charge in [-0.05, 0) is 42.3 Å². The smallest absolute Gasteiger partial charge is 0.270 e. The normalized spacial score (nSPS) is 13.0. The Hall–Kier alpha value is -5.40. The van der Waals surface area contributed by atoms with Gasteiger partial charge in [-0.1, -0.05) is 6.07 Å². The van der Waals surface area contributed by atoms with Gasteiger partial charge >= 0.3 is 0 Å². The Bertz CT molecular complexity index is 1620. The lowest BCUT2D eigenvalue weighted by Gasteiger charge is -2.18. The molecule has 5 rings (SSSR count). The summed E-state index contributed by atoms with van der Waals surface area (Å²) >= 11 is 0. The van der Waals surface area contributed by atoms with E-state index in [1.807, 2.05) is 0 Å². The first-order chi connectivity index (χ1) is 19.3. The standard InChI is InChI=1S/C26H23FN8O5/c1-14(24(37)29-10-15-4-6-28-7-5-15)32-26(39)20-9-19(34-23-17(27)12-31-35(20)23)25(38)30-11-16-2-3-21-18(8-16)33-22(36)13-40-21/h2-9,12,14H,10-11,13H2,1H3,(H,29,37)(H,30,38)(H,32,39)(H,33,36)/t14-/m0/s1. The molecule has 4 amide bonds. The zero-order valence-electron chi connectivity index (χ0n) is 21.1. The molecule has 1 atom stereocenters. The van der Waals surface area contributed by atoms with Crippen LogP contribution in [0.25, 0.3) is 5.65 Å². The van der Waals surface area contributed by atoms with Crippen LogP contribution in [-0.4, -0.2) is 55.9 Å². The van der Waals surface area contributed by atoms with Gasteiger partial charge in [-0.3, -0.25) is 24.2 Å². The molecule has 0 aliphatic carbocycles. The molecular weight excluding hydrogens is 523 g/mol. The Morgan fingerprint density at radius 3 is 2.65 bits per heavy atom. The second kappa shape index (κ2) is 11.1. The Balaban J connectivity index is 1.28. The SMILES string of the molecule is C[C@H](NC(=O)c1cc(C(=O)NCc2ccc3c(c2)NC(=O)CO3)nc2c(F)cnn12)C(=O)NCc1ccncc1. The monoisotopic (exact) mass is 546 g/mol. The summed E-state index contributed by atoms with van der Waals surface area (Å²) < 4.78 is 20.7. The Morgan fingerprint density at radius 2 is 1.85 bits per heavy atom. The average Bonchev–Trinajstić information content (AvgIpc) is 3.34. The van der Waals surface area contributed by atoms with Crippen LogP contribution >= 0.6 is 0 Å². The Kier molecular flexibility index (Phi) is 7.31. The number of hydrogen-bond donors (Lipinski definition) is 4. The van der Waals surface area contributed by atoms with Crippen LogP contribution in [0, 0.1) is 5.82 Å². The highest BCUT2D eigenvalue weighted by Crippen LogP contribution is 2.28. The maximum Gasteiger partial charge on any atom is 0.270 e. The fourth-order valence-electron chi connectivity index (χ4n) is 3.91. The number of aromatic nitrogens is 4. The van der Waals surface area contributed by atoms with Crippen molar-refractivity contribution in [2.45, 2.75) is 26.1 Å². The van der Waals surface area contributed by atoms with Crippen molar-refractivity contribution in [3.63, 3.8) is 0 Å². The first-order valence-electron chi connectivity index (χ1n) is 12.1. The van der Waals surface area contributed by atoms with Gasteiger partial charge in [0, 0.05) is 31.5 Å². The van der Waals surface area contributed by atoms with Gasteiger partial charge in [-0.15, -0.1) is 0 Å². The quantitative estimate of drug-likeness (QED) is 0.253. The first kappa shape index (κ1) is 26.2. The van der Waals surface area contributed by atoms with Crippen molar-refractivity contribution in [3.05, 3.63) is 83.3 Å². The van der Waals surface area contributed by atoms with E-state index in [0.717, 1.165) is 22.3 Å². The average molecular weight is 547 g/mol. The summed E-state index contributed by atoms with van der Waals surface area (Å²) in [5.74, 6) is -2.52. The number of pyridine rings is 1. The number of rotatable bonds is 8. The van der Waals surface area contributed by atoms with Crippen LogP contribution in [0.1, 0.15) is 39.0 Å². The number of halogens is 1. The van der Waals surface area contributed by atoms with Crippen LogP contribution in [0.15, 0.2) is 55.0 Å². The molecule has 40 heavy (non-hydrogen) atoms. The molecule has 0 saturated heterocycles. The zero-order valence-corrected chi connectivity index (χ0v) is 21.1. The van der Waals surface area contributed by atoms with Crippen molar-refractivity contribution in [3.8, 4) is 5.75 Å². The summed E-state index contributed by atoms with van der Waals surface area (Å²) in [6.45, 7) is 1.70. The number of nitrogens with one attached hydrogen (secondary N) is 4. The highest BCUT2D eigenvalue weighted by molar-refractivity contribution is 6.00. The van der Waals surface area contributed by atoms with Gasteiger partial charge in [0.05, 0.1) is 11.9 Å². The van der Waals surface area contributed by atoms with Gasteiger partial charge in [0.2, 0.25) is 5.91 Å². The number of nitrogens with zero attached hydrogens (tertiary/aromatic N) is 4. The third-order valence-corrected chi connectivity index (χ3v) is 5.98. The van der Waals surface area contributed by atoms with Crippen LogP contribution < -0.4 is 26.0 Å². The highest BCUT2D eigenvalue weighted by Gasteiger charge is 2.23. The number of fused-ring (bicyclic) bond motifs is 2. The van der Waals surface area contributed by atoms with E-state index < -0.39 is 29.6 Å². The predicted octanol–water partition coefficient (Wildman–Crippen LogP) is 0.959. The number of amides is 4. The molecule has 0 fully saturated rings. The summed E-state index contributed by atoms with van der Waals surface area (Å²) in [7, 11) is 0. The highest BCUT2D eigenvalue weighted by atomic mass is 19.1. The van der Waals surface area contributed by atoms with E-state index in [-0.39, 0.29) is 42.6 Å². The van der Waals surface area contributed by atoms with Crippen molar-refractivity contribution >= 4 is 35.0 Å². The molecule has 14 heteroatoms. The van der Waals surface area contributed by atoms with E-state index in [4.69, 9.17) is 4.74 Å². The fraction of sp³-hybridized carbons (Fsp3) is 0.192. The molecule has 0 bridgehead atoms. The number of anilines is 1. The molecule has 1 aromatic carbocycles. The van der Waals surface area contributed by atoms with Gasteiger partial charge in [-0.25, -0.2) is 13.9 Å². The van der Waals surface area contributed by atoms with E-state index in [1.165, 1.54) is 6.92 Å². The third kappa shape index (κ3) is 5.70. The predicted molar refractivity (Wildman–Crippen MR) is 138 cm³/mol. The summed E-state index contributed by atoms with van der Waals surface area (Å²) in [6.07, 6.45) is 4.06. The molecule has 0 saturated carbocycles. The maximum absolute atomic E-state index is 14.4. The zero-order chi connectivity index (χ0) is 28.2. The largest absolute Gasteiger partial charge is 0.482 e. The van der Waals surface area contributed by atoms with Crippen LogP contribution in [-0.2, 0) is 22.7 Å². The molecule has 4 aromatic rings. The fourth-order valence-corrected chi connectivity index (χ4v) is 3.91. The molecule has 0 unspecified atom stereocenters. The number of hydrogen-bond acceptors (Lipinski definition) is 8. The van der Waals surface area contributed by atoms with E-state index in [9.17, 15) is 23.6 Å². The topological polar surface area (TPSA) is 169 Å². The Morgan fingerprint density at radius 1 is 1.07 bits per heavy atom. The minimum Gasteiger partial charge on any atom is -0.482 e. The van der Waals surface area contributed by atoms with E-state index in [2.05, 4.69) is 36.3 Å². The van der Waals surface area contributed by atoms with Crippen LogP contribution in [0.4, 0.5) is 10.1 Å². The first-order valence-corrected chi connectivity index (χ1v) is 12.1. The van der Waals surface area contributed by atoms with Gasteiger partial charge < -0.3 is 26.0 Å². The van der Waals surface area contributed by atoms with Crippen molar-refractivity contribution in [1.29, 1.82) is 0 Å². The Labute approximate surface area is 226 Å². The molecule has 204 valence electrons. The summed E-state index contributed by atoms with van der Waals surface area (Å²) in [4.78, 5) is 58.1. The summed E-state index contributed by atoms with van der Waals surface area (Å²) in [6, 6.07) is 8.72. The van der Waals surface area contributed by atoms with Crippen molar-refractivity contribution in [2.75, 3.05) is 11.9 Å². The van der Waals surface area contributed by atoms with Crippen molar-refractivity contribution in [1.82, 2.24) is 35.5 Å². The molecule has 0 radical (unpaired) electrons. The minimum atomic E-state index is -0.955.